The largest absolute Gasteiger partial charge is 0.477 e. The number of halogens is 3. The van der Waals surface area contributed by atoms with Gasteiger partial charge in [0, 0.05) is 33.3 Å². The second-order valence-electron chi connectivity index (χ2n) is 8.21. The number of hydrogen-bond donors (Lipinski definition) is 2. The minimum Gasteiger partial charge on any atom is -0.477 e. The van der Waals surface area contributed by atoms with Crippen molar-refractivity contribution < 1.29 is 9.90 Å². The standard InChI is InChI=1S/C23H15Cl2N7O3S.ClH/c24-13-1-3-16(31-10-26-29-30-31)15(8-13)11-5-14-2-4-17(32(14)19(33)7-11)22-27-20(21(25)28-22)12-6-18(23(34)35)36-9-12;/h1,3,5-10,17H,2,4H2,(H,27,28)(H,34,35);1H/t17-;/m0./s1. The first-order valence-electron chi connectivity index (χ1n) is 10.8. The summed E-state index contributed by atoms with van der Waals surface area (Å²) in [6.45, 7) is 0. The van der Waals surface area contributed by atoms with E-state index in [0.717, 1.165) is 22.6 Å². The van der Waals surface area contributed by atoms with Crippen molar-refractivity contribution in [2.24, 2.45) is 0 Å². The van der Waals surface area contributed by atoms with Crippen molar-refractivity contribution in [3.05, 3.63) is 85.0 Å². The topological polar surface area (TPSA) is 132 Å². The lowest BCUT2D eigenvalue weighted by Crippen LogP contribution is -2.24. The summed E-state index contributed by atoms with van der Waals surface area (Å²) in [6, 6.07) is 10.1. The van der Waals surface area contributed by atoms with Crippen molar-refractivity contribution in [3.8, 4) is 28.1 Å². The lowest BCUT2D eigenvalue weighted by Gasteiger charge is -2.15. The van der Waals surface area contributed by atoms with Crippen LogP contribution in [0, 0.1) is 0 Å². The smallest absolute Gasteiger partial charge is 0.345 e. The molecule has 1 aromatic carbocycles. The Balaban J connectivity index is 0.00000280. The van der Waals surface area contributed by atoms with Crippen LogP contribution in [0.25, 0.3) is 28.1 Å². The Morgan fingerprint density at radius 2 is 2.00 bits per heavy atom. The van der Waals surface area contributed by atoms with E-state index in [1.165, 1.54) is 11.0 Å². The van der Waals surface area contributed by atoms with E-state index in [0.29, 0.717) is 46.2 Å². The molecular weight excluding hydrogens is 561 g/mol. The van der Waals surface area contributed by atoms with Gasteiger partial charge >= 0.3 is 5.97 Å². The monoisotopic (exact) mass is 575 g/mol. The normalized spacial score (nSPS) is 14.4. The Hall–Kier alpha value is -3.51. The molecule has 1 aliphatic rings. The van der Waals surface area contributed by atoms with Gasteiger partial charge < -0.3 is 14.7 Å². The molecule has 1 aliphatic heterocycles. The van der Waals surface area contributed by atoms with Gasteiger partial charge in [0.2, 0.25) is 0 Å². The maximum Gasteiger partial charge on any atom is 0.345 e. The molecule has 5 aromatic rings. The summed E-state index contributed by atoms with van der Waals surface area (Å²) in [5.41, 5.74) is 3.96. The number of pyridine rings is 1. The Morgan fingerprint density at radius 1 is 1.16 bits per heavy atom. The molecule has 1 atom stereocenters. The van der Waals surface area contributed by atoms with Crippen LogP contribution in [0.4, 0.5) is 0 Å². The molecule has 14 heteroatoms. The van der Waals surface area contributed by atoms with Gasteiger partial charge in [-0.25, -0.2) is 9.78 Å². The zero-order chi connectivity index (χ0) is 25.0. The van der Waals surface area contributed by atoms with Crippen LogP contribution in [0.2, 0.25) is 10.2 Å². The van der Waals surface area contributed by atoms with Crippen LogP contribution >= 0.6 is 46.9 Å². The van der Waals surface area contributed by atoms with Crippen LogP contribution < -0.4 is 5.56 Å². The predicted octanol–water partition coefficient (Wildman–Crippen LogP) is 4.91. The molecule has 6 rings (SSSR count). The molecule has 0 amide bonds. The number of H-pyrrole nitrogens is 1. The maximum atomic E-state index is 13.4. The fourth-order valence-electron chi connectivity index (χ4n) is 4.52. The summed E-state index contributed by atoms with van der Waals surface area (Å²) in [5, 5.41) is 23.0. The van der Waals surface area contributed by atoms with Gasteiger partial charge in [0.1, 0.15) is 17.0 Å². The second-order valence-corrected chi connectivity index (χ2v) is 9.91. The third kappa shape index (κ3) is 4.44. The highest BCUT2D eigenvalue weighted by Crippen LogP contribution is 2.36. The molecule has 0 fully saturated rings. The molecule has 0 radical (unpaired) electrons. The van der Waals surface area contributed by atoms with Gasteiger partial charge in [0.25, 0.3) is 5.56 Å². The number of tetrazole rings is 1. The third-order valence-corrected chi connectivity index (χ3v) is 7.52. The first-order chi connectivity index (χ1) is 17.4. The van der Waals surface area contributed by atoms with Crippen molar-refractivity contribution in [3.63, 3.8) is 0 Å². The second kappa shape index (κ2) is 9.75. The van der Waals surface area contributed by atoms with Crippen LogP contribution in [0.15, 0.2) is 52.9 Å². The molecule has 4 aromatic heterocycles. The number of nitrogens with one attached hydrogen (secondary N) is 1. The number of imidazole rings is 1. The van der Waals surface area contributed by atoms with E-state index in [-0.39, 0.29) is 34.0 Å². The summed E-state index contributed by atoms with van der Waals surface area (Å²) >= 11 is 13.8. The zero-order valence-corrected chi connectivity index (χ0v) is 21.8. The molecular formula is C23H16Cl3N7O3S. The minimum absolute atomic E-state index is 0. The van der Waals surface area contributed by atoms with E-state index in [4.69, 9.17) is 23.2 Å². The number of rotatable bonds is 5. The molecule has 0 unspecified atom stereocenters. The molecule has 0 spiro atoms. The molecule has 37 heavy (non-hydrogen) atoms. The van der Waals surface area contributed by atoms with Gasteiger partial charge in [-0.2, -0.15) is 4.68 Å². The van der Waals surface area contributed by atoms with Crippen LogP contribution in [-0.4, -0.2) is 45.8 Å². The average Bonchev–Trinajstić information content (AvgIpc) is 3.64. The molecule has 10 nitrogen and oxygen atoms in total. The van der Waals surface area contributed by atoms with Gasteiger partial charge in [-0.05, 0) is 59.2 Å². The fourth-order valence-corrected chi connectivity index (χ4v) is 5.67. The van der Waals surface area contributed by atoms with E-state index in [2.05, 4.69) is 25.5 Å². The highest BCUT2D eigenvalue weighted by molar-refractivity contribution is 7.12. The number of aromatic amines is 1. The third-order valence-electron chi connectivity index (χ3n) is 6.09. The van der Waals surface area contributed by atoms with Gasteiger partial charge in [0.15, 0.2) is 5.15 Å². The Morgan fingerprint density at radius 3 is 2.73 bits per heavy atom. The molecule has 0 bridgehead atoms. The first kappa shape index (κ1) is 25.2. The van der Waals surface area contributed by atoms with Crippen LogP contribution in [0.5, 0.6) is 0 Å². The van der Waals surface area contributed by atoms with Gasteiger partial charge in [-0.3, -0.25) is 4.79 Å². The molecule has 0 aliphatic carbocycles. The number of carbonyl (C=O) groups is 1. The number of carboxylic acids is 1. The number of fused-ring (bicyclic) bond motifs is 1. The summed E-state index contributed by atoms with van der Waals surface area (Å²) in [6.07, 6.45) is 2.79. The lowest BCUT2D eigenvalue weighted by molar-refractivity contribution is 0.0702. The van der Waals surface area contributed by atoms with E-state index in [1.807, 2.05) is 6.07 Å². The predicted molar refractivity (Wildman–Crippen MR) is 141 cm³/mol. The Kier molecular flexibility index (Phi) is 6.63. The zero-order valence-electron chi connectivity index (χ0n) is 18.6. The number of aryl methyl sites for hydroxylation is 1. The molecule has 5 heterocycles. The first-order valence-corrected chi connectivity index (χ1v) is 12.4. The van der Waals surface area contributed by atoms with Crippen LogP contribution in [0.1, 0.15) is 33.7 Å². The van der Waals surface area contributed by atoms with Crippen LogP contribution in [-0.2, 0) is 6.42 Å². The van der Waals surface area contributed by atoms with Crippen LogP contribution in [0.3, 0.4) is 0 Å². The summed E-state index contributed by atoms with van der Waals surface area (Å²) in [5.74, 6) is -0.457. The Bertz CT molecular complexity index is 1690. The number of carboxylic acid groups (broad SMARTS) is 1. The van der Waals surface area contributed by atoms with Crippen molar-refractivity contribution in [1.82, 2.24) is 34.7 Å². The minimum atomic E-state index is -1.00. The van der Waals surface area contributed by atoms with Crippen molar-refractivity contribution in [1.29, 1.82) is 0 Å². The molecule has 0 saturated heterocycles. The maximum absolute atomic E-state index is 13.4. The SMILES string of the molecule is Cl.O=C(O)c1cc(-c2[nH]c([C@@H]3CCc4cc(-c5cc(Cl)ccc5-n5cnnn5)cc(=O)n43)nc2Cl)cs1. The summed E-state index contributed by atoms with van der Waals surface area (Å²) in [7, 11) is 0. The van der Waals surface area contributed by atoms with Gasteiger partial charge in [-0.1, -0.05) is 23.2 Å². The molecule has 188 valence electrons. The quantitative estimate of drug-likeness (QED) is 0.304. The number of aromatic nitrogens is 7. The Labute approximate surface area is 228 Å². The van der Waals surface area contributed by atoms with E-state index < -0.39 is 5.97 Å². The van der Waals surface area contributed by atoms with Crippen molar-refractivity contribution >= 4 is 52.9 Å². The number of benzene rings is 1. The number of hydrogen-bond acceptors (Lipinski definition) is 7. The average molecular weight is 577 g/mol. The summed E-state index contributed by atoms with van der Waals surface area (Å²) < 4.78 is 3.23. The van der Waals surface area contributed by atoms with Gasteiger partial charge in [-0.15, -0.1) is 28.8 Å². The molecule has 2 N–H and O–H groups in total. The summed E-state index contributed by atoms with van der Waals surface area (Å²) in [4.78, 5) is 32.5. The molecule has 0 saturated carbocycles. The number of thiophene rings is 1. The highest BCUT2D eigenvalue weighted by atomic mass is 35.5. The van der Waals surface area contributed by atoms with E-state index >= 15 is 0 Å². The van der Waals surface area contributed by atoms with E-state index in [1.54, 1.807) is 40.3 Å². The number of nitrogens with zero attached hydrogens (tertiary/aromatic N) is 6. The highest BCUT2D eigenvalue weighted by Gasteiger charge is 2.29. The van der Waals surface area contributed by atoms with Crippen molar-refractivity contribution in [2.45, 2.75) is 18.9 Å². The fraction of sp³-hybridized carbons (Fsp3) is 0.130. The lowest BCUT2D eigenvalue weighted by atomic mass is 10.0. The van der Waals surface area contributed by atoms with Gasteiger partial charge in [0.05, 0.1) is 17.4 Å². The van der Waals surface area contributed by atoms with E-state index in [9.17, 15) is 14.7 Å². The van der Waals surface area contributed by atoms with Crippen molar-refractivity contribution in [2.75, 3.05) is 0 Å². The number of aromatic carboxylic acids is 1.